The average molecular weight is 285 g/mol. The molecule has 1 aromatic rings. The Morgan fingerprint density at radius 1 is 1.37 bits per heavy atom. The predicted octanol–water partition coefficient (Wildman–Crippen LogP) is 2.18. The number of nitrogens with zero attached hydrogens (tertiary/aromatic N) is 1. The highest BCUT2D eigenvalue weighted by molar-refractivity contribution is 6.30. The Bertz CT molecular complexity index is 382. The predicted molar refractivity (Wildman–Crippen MR) is 77.7 cm³/mol. The lowest BCUT2D eigenvalue weighted by atomic mass is 10.3. The first-order valence-electron chi connectivity index (χ1n) is 6.46. The van der Waals surface area contributed by atoms with Crippen molar-refractivity contribution >= 4 is 17.5 Å². The normalized spacial score (nSPS) is 10.3. The van der Waals surface area contributed by atoms with E-state index in [0.717, 1.165) is 18.7 Å². The molecule has 1 amide bonds. The Labute approximate surface area is 119 Å². The molecule has 0 atom stereocenters. The number of hydrogen-bond donors (Lipinski definition) is 1. The van der Waals surface area contributed by atoms with Crippen molar-refractivity contribution in [1.29, 1.82) is 0 Å². The third-order valence-corrected chi connectivity index (χ3v) is 2.89. The quantitative estimate of drug-likeness (QED) is 0.744. The molecule has 0 radical (unpaired) electrons. The summed E-state index contributed by atoms with van der Waals surface area (Å²) in [6.45, 7) is 4.35. The van der Waals surface area contributed by atoms with Crippen LogP contribution in [-0.2, 0) is 4.79 Å². The first-order valence-corrected chi connectivity index (χ1v) is 6.84. The summed E-state index contributed by atoms with van der Waals surface area (Å²) >= 11 is 5.78. The van der Waals surface area contributed by atoms with Crippen molar-refractivity contribution < 1.29 is 9.53 Å². The lowest BCUT2D eigenvalue weighted by molar-refractivity contribution is -0.129. The standard InChI is InChI=1S/C14H21ClN2O2/c1-3-8-16-11-14(18)17(2)9-10-19-13-6-4-12(15)5-7-13/h4-7,16H,3,8-11H2,1-2H3. The molecule has 1 N–H and O–H groups in total. The summed E-state index contributed by atoms with van der Waals surface area (Å²) in [5, 5.41) is 3.77. The first kappa shape index (κ1) is 15.8. The fourth-order valence-corrected chi connectivity index (χ4v) is 1.59. The number of halogens is 1. The van der Waals surface area contributed by atoms with Gasteiger partial charge in [0, 0.05) is 12.1 Å². The van der Waals surface area contributed by atoms with Crippen LogP contribution in [-0.4, -0.2) is 44.1 Å². The van der Waals surface area contributed by atoms with Gasteiger partial charge in [0.25, 0.3) is 0 Å². The Morgan fingerprint density at radius 2 is 2.05 bits per heavy atom. The highest BCUT2D eigenvalue weighted by Crippen LogP contribution is 2.15. The molecular weight excluding hydrogens is 264 g/mol. The largest absolute Gasteiger partial charge is 0.492 e. The van der Waals surface area contributed by atoms with Crippen LogP contribution in [0.4, 0.5) is 0 Å². The summed E-state index contributed by atoms with van der Waals surface area (Å²) in [4.78, 5) is 13.4. The number of nitrogens with one attached hydrogen (secondary N) is 1. The zero-order valence-corrected chi connectivity index (χ0v) is 12.2. The number of likely N-dealkylation sites (N-methyl/N-ethyl adjacent to an activating group) is 1. The van der Waals surface area contributed by atoms with Gasteiger partial charge in [0.15, 0.2) is 0 Å². The van der Waals surface area contributed by atoms with E-state index in [1.807, 2.05) is 12.1 Å². The fourth-order valence-electron chi connectivity index (χ4n) is 1.46. The van der Waals surface area contributed by atoms with Crippen molar-refractivity contribution in [3.63, 3.8) is 0 Å². The molecule has 0 bridgehead atoms. The Balaban J connectivity index is 2.20. The van der Waals surface area contributed by atoms with Gasteiger partial charge in [-0.15, -0.1) is 0 Å². The van der Waals surface area contributed by atoms with Gasteiger partial charge in [-0.05, 0) is 37.2 Å². The zero-order chi connectivity index (χ0) is 14.1. The Morgan fingerprint density at radius 3 is 2.68 bits per heavy atom. The number of carbonyl (C=O) groups excluding carboxylic acids is 1. The smallest absolute Gasteiger partial charge is 0.236 e. The van der Waals surface area contributed by atoms with Crippen LogP contribution >= 0.6 is 11.6 Å². The molecular formula is C14H21ClN2O2. The third kappa shape index (κ3) is 6.45. The van der Waals surface area contributed by atoms with Crippen LogP contribution in [0.2, 0.25) is 5.02 Å². The summed E-state index contributed by atoms with van der Waals surface area (Å²) in [7, 11) is 1.78. The second-order valence-electron chi connectivity index (χ2n) is 4.29. The summed E-state index contributed by atoms with van der Waals surface area (Å²) in [5.74, 6) is 0.836. The highest BCUT2D eigenvalue weighted by atomic mass is 35.5. The van der Waals surface area contributed by atoms with E-state index in [0.29, 0.717) is 24.7 Å². The van der Waals surface area contributed by atoms with Crippen molar-refractivity contribution in [3.8, 4) is 5.75 Å². The lowest BCUT2D eigenvalue weighted by Crippen LogP contribution is -2.37. The van der Waals surface area contributed by atoms with Crippen molar-refractivity contribution in [1.82, 2.24) is 10.2 Å². The molecule has 19 heavy (non-hydrogen) atoms. The van der Waals surface area contributed by atoms with Gasteiger partial charge in [0.05, 0.1) is 13.1 Å². The maximum atomic E-state index is 11.7. The minimum atomic E-state index is 0.0770. The highest BCUT2D eigenvalue weighted by Gasteiger charge is 2.07. The molecule has 1 aromatic carbocycles. The van der Waals surface area contributed by atoms with Crippen LogP contribution < -0.4 is 10.1 Å². The summed E-state index contributed by atoms with van der Waals surface area (Å²) in [6.07, 6.45) is 1.02. The molecule has 0 aliphatic heterocycles. The van der Waals surface area contributed by atoms with Crippen LogP contribution in [0.15, 0.2) is 24.3 Å². The molecule has 0 unspecified atom stereocenters. The minimum Gasteiger partial charge on any atom is -0.492 e. The molecule has 106 valence electrons. The van der Waals surface area contributed by atoms with Gasteiger partial charge in [0.1, 0.15) is 12.4 Å². The summed E-state index contributed by atoms with van der Waals surface area (Å²) in [5.41, 5.74) is 0. The maximum absolute atomic E-state index is 11.7. The van der Waals surface area contributed by atoms with Gasteiger partial charge in [-0.3, -0.25) is 4.79 Å². The van der Waals surface area contributed by atoms with Crippen molar-refractivity contribution in [2.24, 2.45) is 0 Å². The lowest BCUT2D eigenvalue weighted by Gasteiger charge is -2.17. The van der Waals surface area contributed by atoms with E-state index in [1.165, 1.54) is 0 Å². The van der Waals surface area contributed by atoms with Crippen LogP contribution in [0.1, 0.15) is 13.3 Å². The molecule has 0 heterocycles. The van der Waals surface area contributed by atoms with E-state index in [4.69, 9.17) is 16.3 Å². The topological polar surface area (TPSA) is 41.6 Å². The fraction of sp³-hybridized carbons (Fsp3) is 0.500. The maximum Gasteiger partial charge on any atom is 0.236 e. The van der Waals surface area contributed by atoms with Crippen LogP contribution in [0.25, 0.3) is 0 Å². The van der Waals surface area contributed by atoms with Gasteiger partial charge in [-0.1, -0.05) is 18.5 Å². The van der Waals surface area contributed by atoms with Crippen LogP contribution in [0.5, 0.6) is 5.75 Å². The van der Waals surface area contributed by atoms with E-state index in [2.05, 4.69) is 12.2 Å². The molecule has 5 heteroatoms. The minimum absolute atomic E-state index is 0.0770. The van der Waals surface area contributed by atoms with E-state index < -0.39 is 0 Å². The Kier molecular flexibility index (Phi) is 7.30. The average Bonchev–Trinajstić information content (AvgIpc) is 2.41. The SMILES string of the molecule is CCCNCC(=O)N(C)CCOc1ccc(Cl)cc1. The third-order valence-electron chi connectivity index (χ3n) is 2.64. The Hall–Kier alpha value is -1.26. The van der Waals surface area contributed by atoms with Crippen LogP contribution in [0.3, 0.4) is 0 Å². The summed E-state index contributed by atoms with van der Waals surface area (Å²) in [6, 6.07) is 7.18. The molecule has 4 nitrogen and oxygen atoms in total. The molecule has 0 aliphatic carbocycles. The van der Waals surface area contributed by atoms with E-state index >= 15 is 0 Å². The van der Waals surface area contributed by atoms with E-state index in [9.17, 15) is 4.79 Å². The van der Waals surface area contributed by atoms with Crippen molar-refractivity contribution in [2.45, 2.75) is 13.3 Å². The monoisotopic (exact) mass is 284 g/mol. The van der Waals surface area contributed by atoms with Gasteiger partial charge in [-0.25, -0.2) is 0 Å². The second-order valence-corrected chi connectivity index (χ2v) is 4.73. The molecule has 1 rings (SSSR count). The van der Waals surface area contributed by atoms with Gasteiger partial charge >= 0.3 is 0 Å². The molecule has 0 spiro atoms. The number of benzene rings is 1. The molecule has 0 fully saturated rings. The van der Waals surface area contributed by atoms with Gasteiger partial charge < -0.3 is 15.0 Å². The zero-order valence-electron chi connectivity index (χ0n) is 11.5. The molecule has 0 saturated carbocycles. The van der Waals surface area contributed by atoms with Crippen molar-refractivity contribution in [2.75, 3.05) is 33.3 Å². The first-order chi connectivity index (χ1) is 9.13. The van der Waals surface area contributed by atoms with E-state index in [-0.39, 0.29) is 5.91 Å². The second kappa shape index (κ2) is 8.77. The van der Waals surface area contributed by atoms with Crippen molar-refractivity contribution in [3.05, 3.63) is 29.3 Å². The summed E-state index contributed by atoms with van der Waals surface area (Å²) < 4.78 is 5.53. The molecule has 0 saturated heterocycles. The molecule has 0 aromatic heterocycles. The number of amides is 1. The van der Waals surface area contributed by atoms with Crippen LogP contribution in [0, 0.1) is 0 Å². The number of rotatable bonds is 8. The van der Waals surface area contributed by atoms with Gasteiger partial charge in [-0.2, -0.15) is 0 Å². The van der Waals surface area contributed by atoms with Gasteiger partial charge in [0.2, 0.25) is 5.91 Å². The number of ether oxygens (including phenoxy) is 1. The van der Waals surface area contributed by atoms with E-state index in [1.54, 1.807) is 24.1 Å². The molecule has 0 aliphatic rings. The number of hydrogen-bond acceptors (Lipinski definition) is 3. The number of carbonyl (C=O) groups is 1.